The maximum absolute atomic E-state index is 12.7. The Morgan fingerprint density at radius 3 is 2.66 bits per heavy atom. The molecule has 0 spiro atoms. The van der Waals surface area contributed by atoms with Crippen molar-refractivity contribution < 1.29 is 23.7 Å². The molecule has 0 aliphatic carbocycles. The molecule has 2 aromatic rings. The number of esters is 1. The minimum Gasteiger partial charge on any atom is -0.493 e. The summed E-state index contributed by atoms with van der Waals surface area (Å²) in [6, 6.07) is 14.6. The summed E-state index contributed by atoms with van der Waals surface area (Å²) in [5.41, 5.74) is 7.72. The van der Waals surface area contributed by atoms with Crippen LogP contribution in [0.4, 0.5) is 0 Å². The molecule has 0 bridgehead atoms. The van der Waals surface area contributed by atoms with Crippen LogP contribution in [0.5, 0.6) is 11.5 Å². The summed E-state index contributed by atoms with van der Waals surface area (Å²) < 4.78 is 22.1. The SMILES string of the molecule is CCOC(=O)C1=C(C)OC(N)=C(C#N)[C@@H]1c1ccc(OCc2ccccc2Cl)c(OC)c1. The molecule has 0 radical (unpaired) electrons. The smallest absolute Gasteiger partial charge is 0.338 e. The highest BCUT2D eigenvalue weighted by molar-refractivity contribution is 6.31. The van der Waals surface area contributed by atoms with Gasteiger partial charge in [-0.15, -0.1) is 0 Å². The topological polar surface area (TPSA) is 104 Å². The number of nitriles is 1. The van der Waals surface area contributed by atoms with Crippen molar-refractivity contribution in [3.8, 4) is 17.6 Å². The van der Waals surface area contributed by atoms with E-state index in [9.17, 15) is 10.1 Å². The van der Waals surface area contributed by atoms with Crippen LogP contribution in [0.3, 0.4) is 0 Å². The number of hydrogen-bond acceptors (Lipinski definition) is 7. The number of nitrogens with two attached hydrogens (primary N) is 1. The fourth-order valence-electron chi connectivity index (χ4n) is 3.44. The maximum Gasteiger partial charge on any atom is 0.338 e. The van der Waals surface area contributed by atoms with E-state index in [0.717, 1.165) is 5.56 Å². The third-order valence-electron chi connectivity index (χ3n) is 4.96. The fourth-order valence-corrected chi connectivity index (χ4v) is 3.63. The van der Waals surface area contributed by atoms with Gasteiger partial charge in [0.05, 0.1) is 25.2 Å². The Labute approximate surface area is 191 Å². The zero-order valence-corrected chi connectivity index (χ0v) is 18.7. The van der Waals surface area contributed by atoms with Gasteiger partial charge in [0, 0.05) is 10.6 Å². The molecule has 0 unspecified atom stereocenters. The molecule has 7 nitrogen and oxygen atoms in total. The summed E-state index contributed by atoms with van der Waals surface area (Å²) in [6.45, 7) is 3.74. The van der Waals surface area contributed by atoms with Gasteiger partial charge in [0.25, 0.3) is 0 Å². The largest absolute Gasteiger partial charge is 0.493 e. The number of carbonyl (C=O) groups is 1. The molecule has 1 heterocycles. The third kappa shape index (κ3) is 4.66. The minimum absolute atomic E-state index is 0.0546. The Morgan fingerprint density at radius 2 is 2.00 bits per heavy atom. The lowest BCUT2D eigenvalue weighted by Crippen LogP contribution is -2.25. The number of hydrogen-bond donors (Lipinski definition) is 1. The van der Waals surface area contributed by atoms with Crippen LogP contribution in [0.25, 0.3) is 0 Å². The molecular formula is C24H23ClN2O5. The zero-order valence-electron chi connectivity index (χ0n) is 18.0. The first-order chi connectivity index (χ1) is 15.4. The molecule has 2 N–H and O–H groups in total. The van der Waals surface area contributed by atoms with Gasteiger partial charge in [-0.3, -0.25) is 0 Å². The van der Waals surface area contributed by atoms with E-state index in [1.807, 2.05) is 18.2 Å². The molecule has 166 valence electrons. The first kappa shape index (κ1) is 23.0. The van der Waals surface area contributed by atoms with Crippen molar-refractivity contribution in [2.24, 2.45) is 5.73 Å². The molecule has 8 heteroatoms. The predicted molar refractivity (Wildman–Crippen MR) is 119 cm³/mol. The first-order valence-corrected chi connectivity index (χ1v) is 10.3. The number of carbonyl (C=O) groups excluding carboxylic acids is 1. The van der Waals surface area contributed by atoms with Gasteiger partial charge in [0.2, 0.25) is 5.88 Å². The van der Waals surface area contributed by atoms with Gasteiger partial charge in [-0.25, -0.2) is 4.79 Å². The van der Waals surface area contributed by atoms with Crippen LogP contribution in [-0.4, -0.2) is 19.7 Å². The third-order valence-corrected chi connectivity index (χ3v) is 5.33. The van der Waals surface area contributed by atoms with E-state index >= 15 is 0 Å². The van der Waals surface area contributed by atoms with Gasteiger partial charge in [-0.2, -0.15) is 5.26 Å². The summed E-state index contributed by atoms with van der Waals surface area (Å²) in [6.07, 6.45) is 0. The molecule has 1 atom stereocenters. The number of rotatable bonds is 7. The van der Waals surface area contributed by atoms with Crippen molar-refractivity contribution in [3.63, 3.8) is 0 Å². The van der Waals surface area contributed by atoms with Crippen molar-refractivity contribution in [2.45, 2.75) is 26.4 Å². The Hall–Kier alpha value is -3.63. The summed E-state index contributed by atoms with van der Waals surface area (Å²) in [4.78, 5) is 12.7. The van der Waals surface area contributed by atoms with Crippen LogP contribution >= 0.6 is 11.6 Å². The van der Waals surface area contributed by atoms with E-state index in [-0.39, 0.29) is 36.0 Å². The number of allylic oxidation sites excluding steroid dienone is 2. The number of methoxy groups -OCH3 is 1. The number of ether oxygens (including phenoxy) is 4. The van der Waals surface area contributed by atoms with Crippen LogP contribution in [0.15, 0.2) is 65.3 Å². The van der Waals surface area contributed by atoms with Crippen molar-refractivity contribution >= 4 is 17.6 Å². The highest BCUT2D eigenvalue weighted by Crippen LogP contribution is 2.42. The molecule has 32 heavy (non-hydrogen) atoms. The fraction of sp³-hybridized carbons (Fsp3) is 0.250. The molecule has 0 amide bonds. The Morgan fingerprint density at radius 1 is 1.25 bits per heavy atom. The summed E-state index contributed by atoms with van der Waals surface area (Å²) in [7, 11) is 1.51. The number of halogens is 1. The maximum atomic E-state index is 12.7. The molecule has 2 aromatic carbocycles. The monoisotopic (exact) mass is 454 g/mol. The number of benzene rings is 2. The highest BCUT2D eigenvalue weighted by Gasteiger charge is 2.36. The van der Waals surface area contributed by atoms with Gasteiger partial charge in [0.15, 0.2) is 11.5 Å². The van der Waals surface area contributed by atoms with Crippen molar-refractivity contribution in [1.29, 1.82) is 5.26 Å². The van der Waals surface area contributed by atoms with Crippen LogP contribution in [0.2, 0.25) is 5.02 Å². The molecule has 0 saturated carbocycles. The van der Waals surface area contributed by atoms with E-state index in [1.165, 1.54) is 7.11 Å². The van der Waals surface area contributed by atoms with E-state index in [1.54, 1.807) is 38.1 Å². The van der Waals surface area contributed by atoms with Gasteiger partial charge >= 0.3 is 5.97 Å². The summed E-state index contributed by atoms with van der Waals surface area (Å²) >= 11 is 6.20. The van der Waals surface area contributed by atoms with Crippen molar-refractivity contribution in [2.75, 3.05) is 13.7 Å². The second-order valence-electron chi connectivity index (χ2n) is 6.91. The van der Waals surface area contributed by atoms with Gasteiger partial charge in [-0.1, -0.05) is 35.9 Å². The average Bonchev–Trinajstić information content (AvgIpc) is 2.78. The second kappa shape index (κ2) is 10.1. The van der Waals surface area contributed by atoms with E-state index in [0.29, 0.717) is 22.1 Å². The molecule has 3 rings (SSSR count). The molecular weight excluding hydrogens is 432 g/mol. The van der Waals surface area contributed by atoms with Gasteiger partial charge < -0.3 is 24.7 Å². The lowest BCUT2D eigenvalue weighted by molar-refractivity contribution is -0.139. The number of nitrogens with zero attached hydrogens (tertiary/aromatic N) is 1. The minimum atomic E-state index is -0.765. The Balaban J connectivity index is 1.99. The highest BCUT2D eigenvalue weighted by atomic mass is 35.5. The van der Waals surface area contributed by atoms with Crippen molar-refractivity contribution in [3.05, 3.63) is 81.4 Å². The lowest BCUT2D eigenvalue weighted by atomic mass is 9.83. The second-order valence-corrected chi connectivity index (χ2v) is 7.31. The van der Waals surface area contributed by atoms with Crippen molar-refractivity contribution in [1.82, 2.24) is 0 Å². The van der Waals surface area contributed by atoms with Crippen LogP contribution < -0.4 is 15.2 Å². The molecule has 0 fully saturated rings. The van der Waals surface area contributed by atoms with E-state index in [4.69, 9.17) is 36.3 Å². The van der Waals surface area contributed by atoms with Crippen LogP contribution in [-0.2, 0) is 20.9 Å². The Bertz CT molecular complexity index is 1130. The van der Waals surface area contributed by atoms with Gasteiger partial charge in [0.1, 0.15) is 24.0 Å². The Kier molecular flexibility index (Phi) is 7.29. The van der Waals surface area contributed by atoms with E-state index < -0.39 is 11.9 Å². The lowest BCUT2D eigenvalue weighted by Gasteiger charge is -2.27. The summed E-state index contributed by atoms with van der Waals surface area (Å²) in [5.74, 6) is -0.202. The van der Waals surface area contributed by atoms with Gasteiger partial charge in [-0.05, 0) is 37.6 Å². The normalized spacial score (nSPS) is 15.7. The molecule has 1 aliphatic heterocycles. The van der Waals surface area contributed by atoms with Crippen LogP contribution in [0, 0.1) is 11.3 Å². The average molecular weight is 455 g/mol. The first-order valence-electron chi connectivity index (χ1n) is 9.90. The molecule has 0 saturated heterocycles. The zero-order chi connectivity index (χ0) is 23.3. The standard InChI is InChI=1S/C24H23ClN2O5/c1-4-30-24(28)21-14(2)32-23(27)17(12-26)22(21)15-9-10-19(20(11-15)29-3)31-13-16-7-5-6-8-18(16)25/h5-11,22H,4,13,27H2,1-3H3/t22-/m0/s1. The van der Waals surface area contributed by atoms with E-state index in [2.05, 4.69) is 6.07 Å². The quantitative estimate of drug-likeness (QED) is 0.611. The van der Waals surface area contributed by atoms with Crippen LogP contribution in [0.1, 0.15) is 30.9 Å². The molecule has 0 aromatic heterocycles. The summed E-state index contributed by atoms with van der Waals surface area (Å²) in [5, 5.41) is 10.3. The molecule has 1 aliphatic rings. The predicted octanol–water partition coefficient (Wildman–Crippen LogP) is 4.57.